The molecule has 1 aliphatic carbocycles. The summed E-state index contributed by atoms with van der Waals surface area (Å²) in [7, 11) is 0. The first-order valence-corrected chi connectivity index (χ1v) is 9.01. The minimum absolute atomic E-state index is 0.0207. The lowest BCUT2D eigenvalue weighted by Crippen LogP contribution is -2.28. The molecule has 1 fully saturated rings. The standard InChI is InChI=1S/C18H21N3O5/c1-10-15(16-11(22)4-2-5-12(16)25-10)17(23)19-8-7-14-20-18(26-21-14)13-6-3-9-24-13/h13H,2-9H2,1H3,(H,19,23). The molecule has 2 aromatic heterocycles. The number of ether oxygens (including phenoxy) is 1. The summed E-state index contributed by atoms with van der Waals surface area (Å²) in [6, 6.07) is 0. The van der Waals surface area contributed by atoms with Crippen LogP contribution in [0.3, 0.4) is 0 Å². The third-order valence-corrected chi connectivity index (χ3v) is 4.79. The third kappa shape index (κ3) is 3.16. The van der Waals surface area contributed by atoms with Crippen LogP contribution in [0.15, 0.2) is 8.94 Å². The van der Waals surface area contributed by atoms with Crippen molar-refractivity contribution < 1.29 is 23.3 Å². The molecule has 3 heterocycles. The summed E-state index contributed by atoms with van der Waals surface area (Å²) in [4.78, 5) is 29.0. The van der Waals surface area contributed by atoms with Gasteiger partial charge in [-0.25, -0.2) is 0 Å². The number of furan rings is 1. The van der Waals surface area contributed by atoms with E-state index in [0.29, 0.717) is 66.8 Å². The van der Waals surface area contributed by atoms with Crippen molar-refractivity contribution in [3.8, 4) is 0 Å². The Morgan fingerprint density at radius 3 is 3.00 bits per heavy atom. The van der Waals surface area contributed by atoms with Crippen LogP contribution in [0, 0.1) is 6.92 Å². The monoisotopic (exact) mass is 359 g/mol. The Balaban J connectivity index is 1.38. The van der Waals surface area contributed by atoms with E-state index in [1.165, 1.54) is 0 Å². The van der Waals surface area contributed by atoms with E-state index in [1.54, 1.807) is 6.92 Å². The Bertz CT molecular complexity index is 832. The van der Waals surface area contributed by atoms with E-state index in [-0.39, 0.29) is 17.8 Å². The largest absolute Gasteiger partial charge is 0.465 e. The number of carbonyl (C=O) groups is 2. The van der Waals surface area contributed by atoms with Crippen LogP contribution in [-0.4, -0.2) is 35.0 Å². The molecule has 1 atom stereocenters. The van der Waals surface area contributed by atoms with E-state index in [4.69, 9.17) is 13.7 Å². The second-order valence-corrected chi connectivity index (χ2v) is 6.66. The van der Waals surface area contributed by atoms with Crippen LogP contribution in [0.4, 0.5) is 0 Å². The Labute approximate surface area is 150 Å². The fourth-order valence-corrected chi connectivity index (χ4v) is 3.53. The van der Waals surface area contributed by atoms with Gasteiger partial charge >= 0.3 is 0 Å². The summed E-state index contributed by atoms with van der Waals surface area (Å²) in [6.07, 6.45) is 4.13. The van der Waals surface area contributed by atoms with Crippen LogP contribution < -0.4 is 5.32 Å². The quantitative estimate of drug-likeness (QED) is 0.873. The van der Waals surface area contributed by atoms with Crippen molar-refractivity contribution in [3.05, 3.63) is 34.4 Å². The fourth-order valence-electron chi connectivity index (χ4n) is 3.53. The number of hydrogen-bond donors (Lipinski definition) is 1. The average molecular weight is 359 g/mol. The molecule has 1 unspecified atom stereocenters. The number of carbonyl (C=O) groups excluding carboxylic acids is 2. The number of fused-ring (bicyclic) bond motifs is 1. The van der Waals surface area contributed by atoms with Crippen molar-refractivity contribution >= 4 is 11.7 Å². The van der Waals surface area contributed by atoms with Gasteiger partial charge in [0.25, 0.3) is 11.8 Å². The SMILES string of the molecule is Cc1oc2c(c1C(=O)NCCc1noc(C3CCCO3)n1)C(=O)CCC2. The molecule has 8 nitrogen and oxygen atoms in total. The highest BCUT2D eigenvalue weighted by molar-refractivity contribution is 6.09. The van der Waals surface area contributed by atoms with E-state index in [1.807, 2.05) is 0 Å². The molecule has 0 spiro atoms. The first kappa shape index (κ1) is 17.0. The number of rotatable bonds is 5. The third-order valence-electron chi connectivity index (χ3n) is 4.79. The average Bonchev–Trinajstić information content (AvgIpc) is 3.33. The van der Waals surface area contributed by atoms with Gasteiger partial charge < -0.3 is 19.0 Å². The van der Waals surface area contributed by atoms with Gasteiger partial charge in [-0.2, -0.15) is 4.98 Å². The van der Waals surface area contributed by atoms with E-state index in [0.717, 1.165) is 19.3 Å². The highest BCUT2D eigenvalue weighted by Crippen LogP contribution is 2.29. The Hall–Kier alpha value is -2.48. The van der Waals surface area contributed by atoms with Crippen LogP contribution in [0.25, 0.3) is 0 Å². The second-order valence-electron chi connectivity index (χ2n) is 6.66. The molecule has 26 heavy (non-hydrogen) atoms. The predicted molar refractivity (Wildman–Crippen MR) is 89.0 cm³/mol. The predicted octanol–water partition coefficient (Wildman–Crippen LogP) is 2.31. The Morgan fingerprint density at radius 2 is 2.19 bits per heavy atom. The van der Waals surface area contributed by atoms with Crippen molar-refractivity contribution in [1.82, 2.24) is 15.5 Å². The Morgan fingerprint density at radius 1 is 1.31 bits per heavy atom. The molecular weight excluding hydrogens is 338 g/mol. The van der Waals surface area contributed by atoms with Crippen molar-refractivity contribution in [2.24, 2.45) is 0 Å². The molecule has 0 radical (unpaired) electrons. The highest BCUT2D eigenvalue weighted by Gasteiger charge is 2.30. The maximum Gasteiger partial charge on any atom is 0.255 e. The van der Waals surface area contributed by atoms with Gasteiger partial charge in [0.2, 0.25) is 0 Å². The lowest BCUT2D eigenvalue weighted by Gasteiger charge is -2.10. The molecule has 0 bridgehead atoms. The first-order chi connectivity index (χ1) is 12.6. The number of nitrogens with zero attached hydrogens (tertiary/aromatic N) is 2. The number of ketones is 1. The number of hydrogen-bond acceptors (Lipinski definition) is 7. The number of Topliss-reactive ketones (excluding diaryl/α,β-unsaturated/α-hetero) is 1. The molecule has 2 aromatic rings. The summed E-state index contributed by atoms with van der Waals surface area (Å²) in [5.74, 6) is 1.82. The van der Waals surface area contributed by atoms with Crippen LogP contribution in [0.5, 0.6) is 0 Å². The molecule has 1 saturated heterocycles. The zero-order valence-electron chi connectivity index (χ0n) is 14.7. The van der Waals surface area contributed by atoms with Gasteiger partial charge in [-0.05, 0) is 26.2 Å². The fraction of sp³-hybridized carbons (Fsp3) is 0.556. The normalized spacial score (nSPS) is 19.6. The molecule has 4 rings (SSSR count). The van der Waals surface area contributed by atoms with Crippen LogP contribution in [0.2, 0.25) is 0 Å². The minimum atomic E-state index is -0.300. The lowest BCUT2D eigenvalue weighted by molar-refractivity contribution is 0.0835. The van der Waals surface area contributed by atoms with Gasteiger partial charge in [0.05, 0.1) is 11.1 Å². The van der Waals surface area contributed by atoms with E-state index < -0.39 is 0 Å². The van der Waals surface area contributed by atoms with E-state index in [9.17, 15) is 9.59 Å². The van der Waals surface area contributed by atoms with Gasteiger partial charge in [-0.1, -0.05) is 5.16 Å². The van der Waals surface area contributed by atoms with Gasteiger partial charge in [-0.3, -0.25) is 9.59 Å². The molecule has 8 heteroatoms. The molecule has 1 amide bonds. The van der Waals surface area contributed by atoms with Crippen LogP contribution >= 0.6 is 0 Å². The molecule has 1 N–H and O–H groups in total. The van der Waals surface area contributed by atoms with Gasteiger partial charge in [0, 0.05) is 32.4 Å². The van der Waals surface area contributed by atoms with Crippen LogP contribution in [-0.2, 0) is 17.6 Å². The molecule has 0 saturated carbocycles. The van der Waals surface area contributed by atoms with Gasteiger partial charge in [0.1, 0.15) is 17.6 Å². The summed E-state index contributed by atoms with van der Waals surface area (Å²) >= 11 is 0. The van der Waals surface area contributed by atoms with Crippen molar-refractivity contribution in [2.75, 3.05) is 13.2 Å². The number of aromatic nitrogens is 2. The first-order valence-electron chi connectivity index (χ1n) is 9.01. The Kier molecular flexibility index (Phi) is 4.58. The van der Waals surface area contributed by atoms with E-state index >= 15 is 0 Å². The summed E-state index contributed by atoms with van der Waals surface area (Å²) in [5, 5.41) is 6.75. The lowest BCUT2D eigenvalue weighted by atomic mass is 9.93. The number of amides is 1. The molecule has 2 aliphatic rings. The van der Waals surface area contributed by atoms with Crippen molar-refractivity contribution in [1.29, 1.82) is 0 Å². The van der Waals surface area contributed by atoms with Gasteiger partial charge in [0.15, 0.2) is 11.6 Å². The molecule has 0 aromatic carbocycles. The van der Waals surface area contributed by atoms with Crippen LogP contribution in [0.1, 0.15) is 75.7 Å². The van der Waals surface area contributed by atoms with E-state index in [2.05, 4.69) is 15.5 Å². The minimum Gasteiger partial charge on any atom is -0.465 e. The zero-order chi connectivity index (χ0) is 18.1. The summed E-state index contributed by atoms with van der Waals surface area (Å²) in [6.45, 7) is 2.77. The maximum absolute atomic E-state index is 12.5. The molecule has 138 valence electrons. The highest BCUT2D eigenvalue weighted by atomic mass is 16.5. The summed E-state index contributed by atoms with van der Waals surface area (Å²) < 4.78 is 16.4. The molecular formula is C18H21N3O5. The number of aryl methyl sites for hydroxylation is 2. The number of nitrogens with one attached hydrogen (secondary N) is 1. The maximum atomic E-state index is 12.5. The van der Waals surface area contributed by atoms with Crippen molar-refractivity contribution in [2.45, 2.75) is 51.6 Å². The van der Waals surface area contributed by atoms with Crippen molar-refractivity contribution in [3.63, 3.8) is 0 Å². The summed E-state index contributed by atoms with van der Waals surface area (Å²) in [5.41, 5.74) is 0.810. The smallest absolute Gasteiger partial charge is 0.255 e. The molecule has 1 aliphatic heterocycles. The van der Waals surface area contributed by atoms with Gasteiger partial charge in [-0.15, -0.1) is 0 Å². The topological polar surface area (TPSA) is 107 Å². The zero-order valence-corrected chi connectivity index (χ0v) is 14.7. The second kappa shape index (κ2) is 7.03.